The first kappa shape index (κ1) is 53.3. The van der Waals surface area contributed by atoms with Gasteiger partial charge in [0.05, 0.1) is 13.1 Å². The minimum Gasteiger partial charge on any atom is -0.870 e. The Morgan fingerprint density at radius 3 is 1.48 bits per heavy atom. The zero-order valence-electron chi connectivity index (χ0n) is 38.3. The first-order chi connectivity index (χ1) is 31.5. The summed E-state index contributed by atoms with van der Waals surface area (Å²) < 4.78 is 79.6. The van der Waals surface area contributed by atoms with Gasteiger partial charge in [-0.15, -0.1) is 0 Å². The van der Waals surface area contributed by atoms with Crippen molar-refractivity contribution in [2.45, 2.75) is 89.9 Å². The minimum absolute atomic E-state index is 0. The number of nitrogens with zero attached hydrogens (tertiary/aromatic N) is 8. The van der Waals surface area contributed by atoms with E-state index in [9.17, 15) is 50.3 Å². The van der Waals surface area contributed by atoms with E-state index in [1.165, 1.54) is 31.6 Å². The number of pyridine rings is 2. The molecule has 0 atom stereocenters. The number of nitrogen functional groups attached to an aromatic ring is 1. The summed E-state index contributed by atoms with van der Waals surface area (Å²) in [5.74, 6) is 0.323. The number of carbonyl (C=O) groups excluding carboxylic acids is 3. The Kier molecular flexibility index (Phi) is 15.5. The van der Waals surface area contributed by atoms with Crippen LogP contribution in [0.2, 0.25) is 0 Å². The van der Waals surface area contributed by atoms with Gasteiger partial charge < -0.3 is 37.8 Å². The summed E-state index contributed by atoms with van der Waals surface area (Å²) in [5.41, 5.74) is 5.68. The van der Waals surface area contributed by atoms with Crippen LogP contribution in [-0.4, -0.2) is 114 Å². The first-order valence-corrected chi connectivity index (χ1v) is 21.5. The maximum absolute atomic E-state index is 13.6. The van der Waals surface area contributed by atoms with Gasteiger partial charge in [0.2, 0.25) is 5.91 Å². The molecule has 1 aliphatic carbocycles. The maximum Gasteiger partial charge on any atom is 1.00 e. The molecule has 5 aliphatic rings. The van der Waals surface area contributed by atoms with E-state index in [0.29, 0.717) is 39.7 Å². The fraction of sp³-hybridized carbons (Fsp3) is 0.500. The molecule has 27 heteroatoms. The number of fused-ring (bicyclic) bond motifs is 4. The largest absolute Gasteiger partial charge is 1.00 e. The van der Waals surface area contributed by atoms with Crippen LogP contribution in [0.3, 0.4) is 0 Å². The number of halogens is 6. The topological polar surface area (TPSA) is 269 Å². The van der Waals surface area contributed by atoms with Crippen LogP contribution < -0.4 is 94.8 Å². The van der Waals surface area contributed by atoms with E-state index in [4.69, 9.17) is 5.73 Å². The van der Waals surface area contributed by atoms with E-state index >= 15 is 0 Å². The second-order valence-electron chi connectivity index (χ2n) is 17.7. The molecule has 8 heterocycles. The molecule has 366 valence electrons. The average molecular weight is 999 g/mol. The zero-order valence-corrected chi connectivity index (χ0v) is 41.4. The van der Waals surface area contributed by atoms with Crippen LogP contribution in [0.1, 0.15) is 81.8 Å². The number of hydrogen-bond donors (Lipinski definition) is 6. The summed E-state index contributed by atoms with van der Waals surface area (Å²) in [4.78, 5) is 83.6. The molecule has 69 heavy (non-hydrogen) atoms. The van der Waals surface area contributed by atoms with Crippen molar-refractivity contribution in [1.29, 1.82) is 0 Å². The molecule has 9 rings (SSSR count). The van der Waals surface area contributed by atoms with Crippen LogP contribution in [-0.2, 0) is 16.1 Å². The summed E-state index contributed by atoms with van der Waals surface area (Å²) in [6.45, 7) is 5.13. The van der Waals surface area contributed by atoms with Crippen LogP contribution >= 0.6 is 0 Å². The Morgan fingerprint density at radius 2 is 1.07 bits per heavy atom. The van der Waals surface area contributed by atoms with Gasteiger partial charge in [0.25, 0.3) is 22.9 Å². The molecule has 1 saturated carbocycles. The Hall–Kier alpha value is -5.03. The average Bonchev–Trinajstić information content (AvgIpc) is 4.00. The van der Waals surface area contributed by atoms with E-state index in [1.54, 1.807) is 39.8 Å². The molecule has 0 unspecified atom stereocenters. The molecule has 4 aliphatic heterocycles. The number of nitrogens with two attached hydrogens (primary N) is 1. The number of alkyl halides is 6. The van der Waals surface area contributed by atoms with Crippen molar-refractivity contribution in [2.75, 3.05) is 61.0 Å². The van der Waals surface area contributed by atoms with E-state index in [2.05, 4.69) is 46.5 Å². The first-order valence-electron chi connectivity index (χ1n) is 21.5. The fourth-order valence-corrected chi connectivity index (χ4v) is 9.18. The molecule has 0 aromatic carbocycles. The number of rotatable bonds is 8. The predicted molar refractivity (Wildman–Crippen MR) is 233 cm³/mol. The van der Waals surface area contributed by atoms with Gasteiger partial charge in [-0.1, -0.05) is 0 Å². The summed E-state index contributed by atoms with van der Waals surface area (Å²) in [7, 11) is 0. The van der Waals surface area contributed by atoms with Gasteiger partial charge in [-0.2, -0.15) is 26.3 Å². The number of likely N-dealkylation sites (tertiary alicyclic amines) is 2. The van der Waals surface area contributed by atoms with Crippen LogP contribution in [0.15, 0.2) is 34.4 Å². The molecular weight excluding hydrogens is 950 g/mol. The predicted octanol–water partition coefficient (Wildman–Crippen LogP) is 0.864. The Morgan fingerprint density at radius 1 is 0.681 bits per heavy atom. The van der Waals surface area contributed by atoms with Crippen molar-refractivity contribution in [1.82, 2.24) is 49.5 Å². The van der Waals surface area contributed by atoms with Crippen molar-refractivity contribution >= 4 is 52.4 Å². The molecule has 3 amide bonds. The number of aryl methyl sites for hydroxylation is 2. The number of piperidine rings is 2. The molecule has 3 fully saturated rings. The minimum atomic E-state index is -4.32. The molecule has 4 aromatic heterocycles. The van der Waals surface area contributed by atoms with Crippen LogP contribution in [0.25, 0.3) is 0 Å². The smallest absolute Gasteiger partial charge is 0.870 e. The number of anilines is 6. The number of hydrogen-bond acceptors (Lipinski definition) is 15. The second-order valence-corrected chi connectivity index (χ2v) is 17.7. The fourth-order valence-electron chi connectivity index (χ4n) is 9.18. The van der Waals surface area contributed by atoms with Crippen molar-refractivity contribution in [2.24, 2.45) is 5.92 Å². The normalized spacial score (nSPS) is 18.2. The molecule has 0 radical (unpaired) electrons. The third kappa shape index (κ3) is 11.0. The Labute approximate surface area is 432 Å². The van der Waals surface area contributed by atoms with Crippen LogP contribution in [0.5, 0.6) is 0 Å². The van der Waals surface area contributed by atoms with E-state index in [0.717, 1.165) is 12.8 Å². The molecule has 4 aromatic rings. The van der Waals surface area contributed by atoms with E-state index < -0.39 is 59.7 Å². The van der Waals surface area contributed by atoms with Crippen molar-refractivity contribution in [3.63, 3.8) is 0 Å². The third-order valence-electron chi connectivity index (χ3n) is 12.8. The Balaban J connectivity index is 0.000000223. The molecular formula is C42H49F6KN14O6. The van der Waals surface area contributed by atoms with E-state index in [-0.39, 0.29) is 149 Å². The van der Waals surface area contributed by atoms with Crippen molar-refractivity contribution in [3.05, 3.63) is 79.1 Å². The van der Waals surface area contributed by atoms with E-state index in [1.807, 2.05) is 0 Å². The van der Waals surface area contributed by atoms with Gasteiger partial charge >= 0.3 is 63.7 Å². The van der Waals surface area contributed by atoms with Gasteiger partial charge in [-0.05, 0) is 63.8 Å². The van der Waals surface area contributed by atoms with Gasteiger partial charge in [0.1, 0.15) is 70.0 Å². The molecule has 2 saturated heterocycles. The van der Waals surface area contributed by atoms with Gasteiger partial charge in [-0.3, -0.25) is 42.9 Å². The second kappa shape index (κ2) is 20.0. The third-order valence-corrected chi connectivity index (χ3v) is 12.8. The number of carbonyl (C=O) groups is 3. The zero-order chi connectivity index (χ0) is 48.4. The SMILES string of the molecule is Cc1cc(Nc2ncnc(N)c2C)c(=O)n2c1C(=O)NC21CCN(CC(F)(F)F)CC1.Cc1cc(Nc2ncnc(NC(=O)C3CC3)c2C)c(=O)n2c1C(=O)NC21CCN(CC(F)(F)F)CC1.[K+].[OH-]. The summed E-state index contributed by atoms with van der Waals surface area (Å²) in [6.07, 6.45) is -3.70. The maximum atomic E-state index is 13.6. The quantitative estimate of drug-likeness (QED) is 0.106. The summed E-state index contributed by atoms with van der Waals surface area (Å²) in [6, 6.07) is 3.11. The molecule has 2 spiro atoms. The van der Waals surface area contributed by atoms with Crippen molar-refractivity contribution < 1.29 is 97.6 Å². The summed E-state index contributed by atoms with van der Waals surface area (Å²) in [5, 5.41) is 14.5. The van der Waals surface area contributed by atoms with Crippen LogP contribution in [0.4, 0.5) is 61.0 Å². The monoisotopic (exact) mass is 998 g/mol. The molecule has 20 nitrogen and oxygen atoms in total. The standard InChI is InChI=1S/C23H26F3N7O3.C19H22F3N7O2.K.H2O/c1-12-9-15(29-17-13(2)18(28-11-27-17)30-19(34)14-3-4-14)21(36)33-16(12)20(35)31-22(33)5-7-32(8-6-22)10-23(24,25)26;1-10-7-12(26-15-11(2)14(23)24-9-25-15)17(31)29-13(10)16(30)27-18(29)3-5-28(6-4-18)8-19(20,21)22;;/h9,11,14H,3-8,10H2,1-2H3,(H,31,35)(H2,27,28,29,30,34);7,9H,3-6,8H2,1-2H3,(H,27,30)(H3,23,24,25,26);;1H2/q;;+1;/p-1. The van der Waals surface area contributed by atoms with Crippen molar-refractivity contribution in [3.8, 4) is 0 Å². The Bertz CT molecular complexity index is 2780. The van der Waals surface area contributed by atoms with Crippen LogP contribution in [0, 0.1) is 33.6 Å². The van der Waals surface area contributed by atoms with Gasteiger partial charge in [0, 0.05) is 68.9 Å². The summed E-state index contributed by atoms with van der Waals surface area (Å²) >= 11 is 0. The van der Waals surface area contributed by atoms with Gasteiger partial charge in [0.15, 0.2) is 0 Å². The molecule has 8 N–H and O–H groups in total. The number of nitrogens with one attached hydrogen (secondary N) is 5. The molecule has 0 bridgehead atoms. The van der Waals surface area contributed by atoms with Gasteiger partial charge in [-0.25, -0.2) is 19.9 Å². The number of amides is 3. The number of aromatic nitrogens is 6.